The van der Waals surface area contributed by atoms with Gasteiger partial charge in [0.1, 0.15) is 5.75 Å². The number of carbonyl (C=O) groups is 2. The van der Waals surface area contributed by atoms with Crippen LogP contribution in [0.3, 0.4) is 0 Å². The fourth-order valence-electron chi connectivity index (χ4n) is 4.13. The van der Waals surface area contributed by atoms with Crippen molar-refractivity contribution in [2.45, 2.75) is 26.1 Å². The van der Waals surface area contributed by atoms with Gasteiger partial charge in [-0.25, -0.2) is 4.79 Å². The average molecular weight is 447 g/mol. The monoisotopic (exact) mass is 446 g/mol. The highest BCUT2D eigenvalue weighted by Crippen LogP contribution is 2.30. The van der Waals surface area contributed by atoms with E-state index in [4.69, 9.17) is 4.74 Å². The average Bonchev–Trinajstić information content (AvgIpc) is 2.79. The molecule has 1 fully saturated rings. The summed E-state index contributed by atoms with van der Waals surface area (Å²) < 4.78 is 5.78. The number of carboxylic acids is 1. The van der Waals surface area contributed by atoms with Gasteiger partial charge in [-0.3, -0.25) is 4.79 Å². The number of aromatic carboxylic acids is 1. The van der Waals surface area contributed by atoms with Gasteiger partial charge in [0.05, 0.1) is 29.0 Å². The highest BCUT2D eigenvalue weighted by atomic mass is 16.5. The van der Waals surface area contributed by atoms with Crippen molar-refractivity contribution in [3.8, 4) is 16.9 Å². The summed E-state index contributed by atoms with van der Waals surface area (Å²) in [5.41, 5.74) is 2.65. The molecule has 1 amide bonds. The first-order chi connectivity index (χ1) is 15.8. The zero-order valence-electron chi connectivity index (χ0n) is 18.5. The molecular formula is C26H26N2O5. The van der Waals surface area contributed by atoms with Crippen LogP contribution in [-0.4, -0.2) is 47.4 Å². The van der Waals surface area contributed by atoms with Crippen LogP contribution in [-0.2, 0) is 4.74 Å². The molecule has 0 bridgehead atoms. The Morgan fingerprint density at radius 3 is 2.27 bits per heavy atom. The van der Waals surface area contributed by atoms with Crippen LogP contribution >= 0.6 is 0 Å². The smallest absolute Gasteiger partial charge is 0.337 e. The van der Waals surface area contributed by atoms with Crippen LogP contribution in [0.2, 0.25) is 0 Å². The highest BCUT2D eigenvalue weighted by Gasteiger charge is 2.24. The Morgan fingerprint density at radius 1 is 0.909 bits per heavy atom. The molecule has 1 aliphatic heterocycles. The maximum Gasteiger partial charge on any atom is 0.337 e. The molecule has 0 radical (unpaired) electrons. The second-order valence-electron chi connectivity index (χ2n) is 8.25. The van der Waals surface area contributed by atoms with Crippen molar-refractivity contribution >= 4 is 23.3 Å². The number of ether oxygens (including phenoxy) is 1. The molecule has 33 heavy (non-hydrogen) atoms. The predicted molar refractivity (Wildman–Crippen MR) is 127 cm³/mol. The zero-order valence-corrected chi connectivity index (χ0v) is 18.5. The molecule has 0 aliphatic carbocycles. The third-order valence-corrected chi connectivity index (χ3v) is 5.61. The summed E-state index contributed by atoms with van der Waals surface area (Å²) in [6.07, 6.45) is 0.0809. The topological polar surface area (TPSA) is 99.1 Å². The lowest BCUT2D eigenvalue weighted by molar-refractivity contribution is -0.00522. The van der Waals surface area contributed by atoms with E-state index in [2.05, 4.69) is 10.2 Å². The molecule has 170 valence electrons. The summed E-state index contributed by atoms with van der Waals surface area (Å²) in [7, 11) is 0. The molecule has 2 unspecified atom stereocenters. The second-order valence-corrected chi connectivity index (χ2v) is 8.25. The lowest BCUT2D eigenvalue weighted by Crippen LogP contribution is -2.45. The fraction of sp³-hybridized carbons (Fsp3) is 0.231. The summed E-state index contributed by atoms with van der Waals surface area (Å²) in [6.45, 7) is 5.31. The lowest BCUT2D eigenvalue weighted by Gasteiger charge is -2.37. The Labute approximate surface area is 192 Å². The fourth-order valence-corrected chi connectivity index (χ4v) is 4.13. The Hall–Kier alpha value is -3.84. The minimum Gasteiger partial charge on any atom is -0.507 e. The van der Waals surface area contributed by atoms with Gasteiger partial charge in [0.2, 0.25) is 0 Å². The van der Waals surface area contributed by atoms with Gasteiger partial charge in [0.25, 0.3) is 5.91 Å². The molecule has 1 aliphatic rings. The summed E-state index contributed by atoms with van der Waals surface area (Å²) >= 11 is 0. The maximum atomic E-state index is 13.1. The molecule has 3 N–H and O–H groups in total. The standard InChI is InChI=1S/C26H26N2O5/c1-16-14-28(15-17(2)33-16)20-9-11-24(29)22(13-20)25(30)27-23-12-19(8-10-21(23)26(31)32)18-6-4-3-5-7-18/h3-13,16-17,29H,14-15H2,1-2H3,(H,27,30)(H,31,32). The van der Waals surface area contributed by atoms with Crippen molar-refractivity contribution in [3.05, 3.63) is 77.9 Å². The predicted octanol–water partition coefficient (Wildman–Crippen LogP) is 4.62. The van der Waals surface area contributed by atoms with Gasteiger partial charge in [0, 0.05) is 18.8 Å². The number of carbonyl (C=O) groups excluding carboxylic acids is 1. The van der Waals surface area contributed by atoms with Crippen molar-refractivity contribution in [1.29, 1.82) is 0 Å². The molecule has 7 heteroatoms. The van der Waals surface area contributed by atoms with Crippen molar-refractivity contribution in [2.24, 2.45) is 0 Å². The van der Waals surface area contributed by atoms with E-state index in [-0.39, 0.29) is 34.8 Å². The Kier molecular flexibility index (Phi) is 6.33. The number of phenols is 1. The number of hydrogen-bond donors (Lipinski definition) is 3. The molecule has 3 aromatic carbocycles. The van der Waals surface area contributed by atoms with Gasteiger partial charge in [-0.1, -0.05) is 36.4 Å². The first kappa shape index (κ1) is 22.4. The number of anilines is 2. The van der Waals surface area contributed by atoms with E-state index in [9.17, 15) is 19.8 Å². The maximum absolute atomic E-state index is 13.1. The molecule has 1 saturated heterocycles. The van der Waals surface area contributed by atoms with Crippen LogP contribution in [0.15, 0.2) is 66.7 Å². The molecular weight excluding hydrogens is 420 g/mol. The van der Waals surface area contributed by atoms with Crippen molar-refractivity contribution < 1.29 is 24.5 Å². The Bertz CT molecular complexity index is 1170. The number of nitrogens with zero attached hydrogens (tertiary/aromatic N) is 1. The normalized spacial score (nSPS) is 18.1. The third kappa shape index (κ3) is 4.99. The molecule has 7 nitrogen and oxygen atoms in total. The molecule has 0 aromatic heterocycles. The van der Waals surface area contributed by atoms with Crippen molar-refractivity contribution in [2.75, 3.05) is 23.3 Å². The number of benzene rings is 3. The molecule has 3 aromatic rings. The van der Waals surface area contributed by atoms with Gasteiger partial charge in [0.15, 0.2) is 0 Å². The van der Waals surface area contributed by atoms with E-state index >= 15 is 0 Å². The largest absolute Gasteiger partial charge is 0.507 e. The van der Waals surface area contributed by atoms with E-state index in [0.717, 1.165) is 16.8 Å². The summed E-state index contributed by atoms with van der Waals surface area (Å²) in [5.74, 6) is -1.92. The van der Waals surface area contributed by atoms with Crippen LogP contribution in [0.25, 0.3) is 11.1 Å². The van der Waals surface area contributed by atoms with Gasteiger partial charge < -0.3 is 25.2 Å². The molecule has 4 rings (SSSR count). The second kappa shape index (κ2) is 9.34. The Balaban J connectivity index is 1.65. The minimum absolute atomic E-state index is 0.0329. The van der Waals surface area contributed by atoms with Gasteiger partial charge in [-0.05, 0) is 55.3 Å². The van der Waals surface area contributed by atoms with Gasteiger partial charge in [-0.15, -0.1) is 0 Å². The zero-order chi connectivity index (χ0) is 23.5. The van der Waals surface area contributed by atoms with Crippen LogP contribution in [0.1, 0.15) is 34.6 Å². The van der Waals surface area contributed by atoms with E-state index < -0.39 is 11.9 Å². The number of carboxylic acid groups (broad SMARTS) is 1. The number of nitrogens with one attached hydrogen (secondary N) is 1. The van der Waals surface area contributed by atoms with E-state index in [1.807, 2.05) is 44.2 Å². The summed E-state index contributed by atoms with van der Waals surface area (Å²) in [5, 5.41) is 22.7. The molecule has 0 saturated carbocycles. The van der Waals surface area contributed by atoms with Crippen LogP contribution in [0.5, 0.6) is 5.75 Å². The quantitative estimate of drug-likeness (QED) is 0.529. The Morgan fingerprint density at radius 2 is 1.61 bits per heavy atom. The molecule has 1 heterocycles. The van der Waals surface area contributed by atoms with Crippen molar-refractivity contribution in [1.82, 2.24) is 0 Å². The van der Waals surface area contributed by atoms with Crippen molar-refractivity contribution in [3.63, 3.8) is 0 Å². The lowest BCUT2D eigenvalue weighted by atomic mass is 10.0. The number of morpholine rings is 1. The van der Waals surface area contributed by atoms with Crippen LogP contribution in [0.4, 0.5) is 11.4 Å². The van der Waals surface area contributed by atoms with E-state index in [1.165, 1.54) is 12.1 Å². The van der Waals surface area contributed by atoms with E-state index in [1.54, 1.807) is 24.3 Å². The summed E-state index contributed by atoms with van der Waals surface area (Å²) in [4.78, 5) is 27.0. The first-order valence-electron chi connectivity index (χ1n) is 10.8. The number of phenolic OH excluding ortho intramolecular Hbond substituents is 1. The third-order valence-electron chi connectivity index (χ3n) is 5.61. The minimum atomic E-state index is -1.15. The first-order valence-corrected chi connectivity index (χ1v) is 10.8. The van der Waals surface area contributed by atoms with Gasteiger partial charge >= 0.3 is 5.97 Å². The van der Waals surface area contributed by atoms with E-state index in [0.29, 0.717) is 13.1 Å². The van der Waals surface area contributed by atoms with Crippen LogP contribution in [0, 0.1) is 0 Å². The molecule has 2 atom stereocenters. The number of amides is 1. The summed E-state index contributed by atoms with van der Waals surface area (Å²) in [6, 6.07) is 19.1. The SMILES string of the molecule is CC1CN(c2ccc(O)c(C(=O)Nc3cc(-c4ccccc4)ccc3C(=O)O)c2)CC(C)O1. The van der Waals surface area contributed by atoms with Gasteiger partial charge in [-0.2, -0.15) is 0 Å². The molecule has 0 spiro atoms. The highest BCUT2D eigenvalue weighted by molar-refractivity contribution is 6.10. The van der Waals surface area contributed by atoms with Crippen LogP contribution < -0.4 is 10.2 Å². The number of hydrogen-bond acceptors (Lipinski definition) is 5. The number of rotatable bonds is 5. The number of aromatic hydroxyl groups is 1.